The number of nitrogens with one attached hydrogen (secondary N) is 2. The number of nitrogens with zero attached hydrogens (tertiary/aromatic N) is 1. The Morgan fingerprint density at radius 1 is 1.38 bits per heavy atom. The zero-order valence-corrected chi connectivity index (χ0v) is 9.29. The van der Waals surface area contributed by atoms with E-state index in [1.807, 2.05) is 29.2 Å². The Balaban J connectivity index is 2.12. The highest BCUT2D eigenvalue weighted by atomic mass is 16.1. The van der Waals surface area contributed by atoms with Gasteiger partial charge in [-0.15, -0.1) is 0 Å². The standard InChI is InChI=1S/C12H15N3O/c1-9(16)14-10-4-6-11(7-5-10)15-8-2-3-12(15)13/h4-7,13H,2-3,8H2,1H3,(H,14,16). The maximum Gasteiger partial charge on any atom is 0.221 e. The summed E-state index contributed by atoms with van der Waals surface area (Å²) in [7, 11) is 0. The summed E-state index contributed by atoms with van der Waals surface area (Å²) in [6.45, 7) is 2.41. The average Bonchev–Trinajstić information content (AvgIpc) is 2.65. The number of amides is 1. The second-order valence-electron chi connectivity index (χ2n) is 3.93. The Labute approximate surface area is 94.8 Å². The molecule has 0 aliphatic carbocycles. The summed E-state index contributed by atoms with van der Waals surface area (Å²) >= 11 is 0. The first-order valence-corrected chi connectivity index (χ1v) is 5.39. The van der Waals surface area contributed by atoms with Gasteiger partial charge in [-0.3, -0.25) is 10.2 Å². The number of benzene rings is 1. The summed E-state index contributed by atoms with van der Waals surface area (Å²) in [4.78, 5) is 12.8. The fraction of sp³-hybridized carbons (Fsp3) is 0.333. The number of amidine groups is 1. The lowest BCUT2D eigenvalue weighted by atomic mass is 10.2. The van der Waals surface area contributed by atoms with Crippen molar-refractivity contribution in [1.29, 1.82) is 5.41 Å². The van der Waals surface area contributed by atoms with Crippen molar-refractivity contribution >= 4 is 23.1 Å². The van der Waals surface area contributed by atoms with E-state index < -0.39 is 0 Å². The van der Waals surface area contributed by atoms with Crippen LogP contribution in [0.15, 0.2) is 24.3 Å². The van der Waals surface area contributed by atoms with Crippen molar-refractivity contribution < 1.29 is 4.79 Å². The molecule has 16 heavy (non-hydrogen) atoms. The molecule has 1 aliphatic heterocycles. The van der Waals surface area contributed by atoms with E-state index in [1.54, 1.807) is 0 Å². The number of rotatable bonds is 2. The normalized spacial score (nSPS) is 15.3. The maximum atomic E-state index is 10.9. The van der Waals surface area contributed by atoms with Gasteiger partial charge in [0, 0.05) is 31.3 Å². The van der Waals surface area contributed by atoms with E-state index in [9.17, 15) is 4.79 Å². The van der Waals surface area contributed by atoms with Gasteiger partial charge in [-0.1, -0.05) is 0 Å². The van der Waals surface area contributed by atoms with Crippen LogP contribution >= 0.6 is 0 Å². The predicted octanol–water partition coefficient (Wildman–Crippen LogP) is 2.22. The van der Waals surface area contributed by atoms with E-state index in [0.29, 0.717) is 5.84 Å². The van der Waals surface area contributed by atoms with Crippen LogP contribution in [-0.4, -0.2) is 18.3 Å². The fourth-order valence-corrected chi connectivity index (χ4v) is 1.89. The highest BCUT2D eigenvalue weighted by Crippen LogP contribution is 2.23. The third-order valence-electron chi connectivity index (χ3n) is 2.62. The third-order valence-corrected chi connectivity index (χ3v) is 2.62. The summed E-state index contributed by atoms with van der Waals surface area (Å²) < 4.78 is 0. The molecule has 0 saturated carbocycles. The summed E-state index contributed by atoms with van der Waals surface area (Å²) in [6, 6.07) is 7.60. The van der Waals surface area contributed by atoms with Crippen LogP contribution in [0.2, 0.25) is 0 Å². The average molecular weight is 217 g/mol. The van der Waals surface area contributed by atoms with E-state index in [2.05, 4.69) is 5.32 Å². The molecule has 1 amide bonds. The number of carbonyl (C=O) groups excluding carboxylic acids is 1. The first-order chi connectivity index (χ1) is 7.66. The highest BCUT2D eigenvalue weighted by Gasteiger charge is 2.17. The SMILES string of the molecule is CC(=O)Nc1ccc(N2CCCC2=N)cc1. The molecule has 1 aromatic rings. The highest BCUT2D eigenvalue weighted by molar-refractivity contribution is 5.97. The molecule has 4 nitrogen and oxygen atoms in total. The first-order valence-electron chi connectivity index (χ1n) is 5.39. The molecule has 2 N–H and O–H groups in total. The molecule has 0 unspecified atom stereocenters. The Hall–Kier alpha value is -1.84. The van der Waals surface area contributed by atoms with Gasteiger partial charge in [0.1, 0.15) is 5.84 Å². The predicted molar refractivity (Wildman–Crippen MR) is 65.1 cm³/mol. The molecule has 1 saturated heterocycles. The lowest BCUT2D eigenvalue weighted by molar-refractivity contribution is -0.114. The monoisotopic (exact) mass is 217 g/mol. The Kier molecular flexibility index (Phi) is 2.90. The van der Waals surface area contributed by atoms with Crippen LogP contribution in [0, 0.1) is 5.41 Å². The number of carbonyl (C=O) groups is 1. The molecule has 1 fully saturated rings. The number of anilines is 2. The third kappa shape index (κ3) is 2.21. The molecular weight excluding hydrogens is 202 g/mol. The van der Waals surface area contributed by atoms with Crippen molar-refractivity contribution in [3.05, 3.63) is 24.3 Å². The molecule has 1 aromatic carbocycles. The summed E-state index contributed by atoms with van der Waals surface area (Å²) in [5, 5.41) is 10.5. The van der Waals surface area contributed by atoms with Crippen molar-refractivity contribution in [1.82, 2.24) is 0 Å². The van der Waals surface area contributed by atoms with E-state index in [4.69, 9.17) is 5.41 Å². The smallest absolute Gasteiger partial charge is 0.221 e. The van der Waals surface area contributed by atoms with Crippen LogP contribution in [0.3, 0.4) is 0 Å². The van der Waals surface area contributed by atoms with Gasteiger partial charge in [0.2, 0.25) is 5.91 Å². The van der Waals surface area contributed by atoms with Gasteiger partial charge in [-0.05, 0) is 30.7 Å². The minimum absolute atomic E-state index is 0.0679. The molecule has 0 atom stereocenters. The van der Waals surface area contributed by atoms with Crippen LogP contribution in [0.1, 0.15) is 19.8 Å². The Bertz CT molecular complexity index is 411. The Morgan fingerprint density at radius 3 is 2.56 bits per heavy atom. The maximum absolute atomic E-state index is 10.9. The molecule has 2 rings (SSSR count). The van der Waals surface area contributed by atoms with Crippen molar-refractivity contribution in [3.8, 4) is 0 Å². The molecule has 1 aliphatic rings. The van der Waals surface area contributed by atoms with Gasteiger partial charge < -0.3 is 10.2 Å². The van der Waals surface area contributed by atoms with E-state index in [1.165, 1.54) is 6.92 Å². The van der Waals surface area contributed by atoms with E-state index in [-0.39, 0.29) is 5.91 Å². The van der Waals surface area contributed by atoms with Crippen molar-refractivity contribution in [3.63, 3.8) is 0 Å². The van der Waals surface area contributed by atoms with E-state index >= 15 is 0 Å². The minimum atomic E-state index is -0.0679. The largest absolute Gasteiger partial charge is 0.330 e. The van der Waals surface area contributed by atoms with Crippen LogP contribution in [0.25, 0.3) is 0 Å². The van der Waals surface area contributed by atoms with Crippen LogP contribution in [-0.2, 0) is 4.79 Å². The van der Waals surface area contributed by atoms with Gasteiger partial charge in [0.25, 0.3) is 0 Å². The van der Waals surface area contributed by atoms with Crippen LogP contribution in [0.5, 0.6) is 0 Å². The lowest BCUT2D eigenvalue weighted by Gasteiger charge is -2.18. The number of hydrogen-bond donors (Lipinski definition) is 2. The van der Waals surface area contributed by atoms with Crippen LogP contribution in [0.4, 0.5) is 11.4 Å². The fourth-order valence-electron chi connectivity index (χ4n) is 1.89. The molecule has 84 valence electrons. The minimum Gasteiger partial charge on any atom is -0.330 e. The lowest BCUT2D eigenvalue weighted by Crippen LogP contribution is -2.22. The first kappa shape index (κ1) is 10.7. The second-order valence-corrected chi connectivity index (χ2v) is 3.93. The molecule has 0 bridgehead atoms. The van der Waals surface area contributed by atoms with Crippen molar-refractivity contribution in [2.45, 2.75) is 19.8 Å². The summed E-state index contributed by atoms with van der Waals surface area (Å²) in [6.07, 6.45) is 1.90. The van der Waals surface area contributed by atoms with Crippen LogP contribution < -0.4 is 10.2 Å². The van der Waals surface area contributed by atoms with Gasteiger partial charge in [0.05, 0.1) is 0 Å². The van der Waals surface area contributed by atoms with Gasteiger partial charge in [-0.25, -0.2) is 0 Å². The zero-order valence-electron chi connectivity index (χ0n) is 9.29. The van der Waals surface area contributed by atoms with Gasteiger partial charge in [0.15, 0.2) is 0 Å². The summed E-state index contributed by atoms with van der Waals surface area (Å²) in [5.74, 6) is 0.606. The molecule has 0 aromatic heterocycles. The van der Waals surface area contributed by atoms with Gasteiger partial charge in [-0.2, -0.15) is 0 Å². The van der Waals surface area contributed by atoms with E-state index in [0.717, 1.165) is 30.8 Å². The molecule has 1 heterocycles. The molecule has 4 heteroatoms. The van der Waals surface area contributed by atoms with Crippen molar-refractivity contribution in [2.75, 3.05) is 16.8 Å². The molecule has 0 radical (unpaired) electrons. The Morgan fingerprint density at radius 2 is 2.06 bits per heavy atom. The molecule has 0 spiro atoms. The number of hydrogen-bond acceptors (Lipinski definition) is 2. The zero-order chi connectivity index (χ0) is 11.5. The topological polar surface area (TPSA) is 56.2 Å². The second kappa shape index (κ2) is 4.35. The summed E-state index contributed by atoms with van der Waals surface area (Å²) in [5.41, 5.74) is 1.82. The quantitative estimate of drug-likeness (QED) is 0.798. The van der Waals surface area contributed by atoms with Gasteiger partial charge >= 0.3 is 0 Å². The van der Waals surface area contributed by atoms with Crippen molar-refractivity contribution in [2.24, 2.45) is 0 Å². The molecular formula is C12H15N3O.